The summed E-state index contributed by atoms with van der Waals surface area (Å²) in [6, 6.07) is 5.63. The van der Waals surface area contributed by atoms with Crippen molar-refractivity contribution in [2.24, 2.45) is 0 Å². The maximum atomic E-state index is 6.15. The number of nitrogens with one attached hydrogen (secondary N) is 1. The van der Waals surface area contributed by atoms with Gasteiger partial charge >= 0.3 is 0 Å². The smallest absolute Gasteiger partial charge is 0.206 e. The van der Waals surface area contributed by atoms with Gasteiger partial charge in [0.1, 0.15) is 5.01 Å². The molecule has 17 heavy (non-hydrogen) atoms. The zero-order valence-corrected chi connectivity index (χ0v) is 11.7. The number of aromatic nitrogens is 2. The molecule has 1 atom stereocenters. The number of hydrogen-bond donors (Lipinski definition) is 1. The molecule has 0 saturated carbocycles. The summed E-state index contributed by atoms with van der Waals surface area (Å²) in [6.45, 7) is 3.92. The van der Waals surface area contributed by atoms with Crippen molar-refractivity contribution in [3.8, 4) is 0 Å². The van der Waals surface area contributed by atoms with Gasteiger partial charge in [0, 0.05) is 0 Å². The van der Waals surface area contributed by atoms with E-state index in [0.29, 0.717) is 10.0 Å². The molecule has 2 aromatic rings. The first kappa shape index (κ1) is 12.6. The first-order chi connectivity index (χ1) is 8.08. The van der Waals surface area contributed by atoms with E-state index in [1.807, 2.05) is 26.0 Å². The van der Waals surface area contributed by atoms with Crippen LogP contribution in [0.5, 0.6) is 0 Å². The molecule has 90 valence electrons. The summed E-state index contributed by atoms with van der Waals surface area (Å²) in [6.07, 6.45) is 0. The van der Waals surface area contributed by atoms with E-state index >= 15 is 0 Å². The second kappa shape index (κ2) is 5.21. The Kier molecular flexibility index (Phi) is 3.86. The highest BCUT2D eigenvalue weighted by molar-refractivity contribution is 7.15. The van der Waals surface area contributed by atoms with Gasteiger partial charge in [-0.1, -0.05) is 46.7 Å². The Hall–Kier alpha value is -0.840. The summed E-state index contributed by atoms with van der Waals surface area (Å²) in [5.74, 6) is 0. The first-order valence-electron chi connectivity index (χ1n) is 5.08. The van der Waals surface area contributed by atoms with Gasteiger partial charge in [0.2, 0.25) is 5.13 Å². The normalized spacial score (nSPS) is 12.5. The fraction of sp³-hybridized carbons (Fsp3) is 0.273. The van der Waals surface area contributed by atoms with Crippen molar-refractivity contribution in [2.75, 3.05) is 5.32 Å². The van der Waals surface area contributed by atoms with Gasteiger partial charge in [-0.05, 0) is 25.5 Å². The average Bonchev–Trinajstić information content (AvgIpc) is 2.68. The van der Waals surface area contributed by atoms with Crippen LogP contribution < -0.4 is 5.32 Å². The largest absolute Gasteiger partial charge is 0.354 e. The number of hydrogen-bond acceptors (Lipinski definition) is 4. The maximum absolute atomic E-state index is 6.15. The molecule has 1 N–H and O–H groups in total. The van der Waals surface area contributed by atoms with E-state index in [9.17, 15) is 0 Å². The highest BCUT2D eigenvalue weighted by Crippen LogP contribution is 2.31. The van der Waals surface area contributed by atoms with Crippen molar-refractivity contribution >= 4 is 39.7 Å². The molecule has 0 aliphatic rings. The topological polar surface area (TPSA) is 37.8 Å². The van der Waals surface area contributed by atoms with Crippen molar-refractivity contribution in [2.45, 2.75) is 19.9 Å². The SMILES string of the molecule is Cc1nnc(NC(C)c2cccc(Cl)c2Cl)s1. The van der Waals surface area contributed by atoms with Crippen LogP contribution in [0, 0.1) is 6.92 Å². The van der Waals surface area contributed by atoms with Gasteiger partial charge in [0.15, 0.2) is 0 Å². The summed E-state index contributed by atoms with van der Waals surface area (Å²) in [5, 5.41) is 14.1. The molecule has 0 amide bonds. The van der Waals surface area contributed by atoms with E-state index in [1.54, 1.807) is 6.07 Å². The number of benzene rings is 1. The Morgan fingerprint density at radius 3 is 2.71 bits per heavy atom. The number of aryl methyl sites for hydroxylation is 1. The molecule has 0 saturated heterocycles. The van der Waals surface area contributed by atoms with Crippen LogP contribution in [0.1, 0.15) is 23.5 Å². The lowest BCUT2D eigenvalue weighted by Gasteiger charge is -2.15. The van der Waals surface area contributed by atoms with Crippen LogP contribution in [0.25, 0.3) is 0 Å². The third-order valence-corrected chi connectivity index (χ3v) is 3.92. The standard InChI is InChI=1S/C11H11Cl2N3S/c1-6(14-11-16-15-7(2)17-11)8-4-3-5-9(12)10(8)13/h3-6H,1-2H3,(H,14,16). The molecule has 1 aromatic heterocycles. The van der Waals surface area contributed by atoms with Crippen molar-refractivity contribution < 1.29 is 0 Å². The monoisotopic (exact) mass is 287 g/mol. The number of nitrogens with zero attached hydrogens (tertiary/aromatic N) is 2. The summed E-state index contributed by atoms with van der Waals surface area (Å²) in [7, 11) is 0. The van der Waals surface area contributed by atoms with Gasteiger partial charge in [-0.2, -0.15) is 0 Å². The van der Waals surface area contributed by atoms with Gasteiger partial charge in [0.05, 0.1) is 16.1 Å². The molecule has 0 aliphatic carbocycles. The molecular formula is C11H11Cl2N3S. The van der Waals surface area contributed by atoms with E-state index in [2.05, 4.69) is 15.5 Å². The predicted molar refractivity (Wildman–Crippen MR) is 73.1 cm³/mol. The van der Waals surface area contributed by atoms with E-state index < -0.39 is 0 Å². The van der Waals surface area contributed by atoms with Crippen molar-refractivity contribution in [1.29, 1.82) is 0 Å². The molecule has 2 rings (SSSR count). The summed E-state index contributed by atoms with van der Waals surface area (Å²) in [5.41, 5.74) is 0.951. The van der Waals surface area contributed by atoms with E-state index in [-0.39, 0.29) is 6.04 Å². The highest BCUT2D eigenvalue weighted by Gasteiger charge is 2.13. The minimum atomic E-state index is 0.0357. The third-order valence-electron chi connectivity index (χ3n) is 2.31. The molecule has 3 nitrogen and oxygen atoms in total. The lowest BCUT2D eigenvalue weighted by Crippen LogP contribution is -2.07. The molecule has 0 spiro atoms. The zero-order chi connectivity index (χ0) is 12.4. The van der Waals surface area contributed by atoms with Gasteiger partial charge in [-0.15, -0.1) is 10.2 Å². The summed E-state index contributed by atoms with van der Waals surface area (Å²) in [4.78, 5) is 0. The molecule has 1 heterocycles. The Morgan fingerprint density at radius 2 is 2.06 bits per heavy atom. The minimum Gasteiger partial charge on any atom is -0.354 e. The zero-order valence-electron chi connectivity index (χ0n) is 9.37. The van der Waals surface area contributed by atoms with Gasteiger partial charge in [-0.25, -0.2) is 0 Å². The van der Waals surface area contributed by atoms with Crippen molar-refractivity contribution in [3.05, 3.63) is 38.8 Å². The lowest BCUT2D eigenvalue weighted by atomic mass is 10.1. The first-order valence-corrected chi connectivity index (χ1v) is 6.65. The Bertz CT molecular complexity index is 527. The van der Waals surface area contributed by atoms with Crippen LogP contribution >= 0.6 is 34.5 Å². The maximum Gasteiger partial charge on any atom is 0.206 e. The fourth-order valence-corrected chi connectivity index (χ4v) is 2.62. The molecule has 0 aliphatic heterocycles. The van der Waals surface area contributed by atoms with E-state index in [1.165, 1.54) is 11.3 Å². The summed E-state index contributed by atoms with van der Waals surface area (Å²) >= 11 is 13.6. The van der Waals surface area contributed by atoms with Crippen molar-refractivity contribution in [1.82, 2.24) is 10.2 Å². The van der Waals surface area contributed by atoms with E-state index in [4.69, 9.17) is 23.2 Å². The second-order valence-electron chi connectivity index (χ2n) is 3.64. The highest BCUT2D eigenvalue weighted by atomic mass is 35.5. The van der Waals surface area contributed by atoms with Crippen LogP contribution in [0.2, 0.25) is 10.0 Å². The summed E-state index contributed by atoms with van der Waals surface area (Å²) < 4.78 is 0. The molecule has 1 aromatic carbocycles. The van der Waals surface area contributed by atoms with Crippen molar-refractivity contribution in [3.63, 3.8) is 0 Å². The molecule has 1 unspecified atom stereocenters. The number of rotatable bonds is 3. The van der Waals surface area contributed by atoms with Gasteiger partial charge < -0.3 is 5.32 Å². The molecule has 0 bridgehead atoms. The second-order valence-corrected chi connectivity index (χ2v) is 5.60. The minimum absolute atomic E-state index is 0.0357. The molecule has 0 radical (unpaired) electrons. The van der Waals surface area contributed by atoms with Crippen LogP contribution in [-0.4, -0.2) is 10.2 Å². The quantitative estimate of drug-likeness (QED) is 0.913. The Morgan fingerprint density at radius 1 is 1.29 bits per heavy atom. The molecule has 0 fully saturated rings. The van der Waals surface area contributed by atoms with E-state index in [0.717, 1.165) is 15.7 Å². The molecule has 6 heteroatoms. The van der Waals surface area contributed by atoms with Crippen LogP contribution in [-0.2, 0) is 0 Å². The van der Waals surface area contributed by atoms with Gasteiger partial charge in [-0.3, -0.25) is 0 Å². The van der Waals surface area contributed by atoms with Crippen LogP contribution in [0.4, 0.5) is 5.13 Å². The van der Waals surface area contributed by atoms with Gasteiger partial charge in [0.25, 0.3) is 0 Å². The number of anilines is 1. The van der Waals surface area contributed by atoms with Crippen LogP contribution in [0.3, 0.4) is 0 Å². The number of halogens is 2. The predicted octanol–water partition coefficient (Wildman–Crippen LogP) is 4.33. The average molecular weight is 288 g/mol. The molecular weight excluding hydrogens is 277 g/mol. The third kappa shape index (κ3) is 2.89. The Balaban J connectivity index is 2.20. The van der Waals surface area contributed by atoms with Crippen LogP contribution in [0.15, 0.2) is 18.2 Å². The lowest BCUT2D eigenvalue weighted by molar-refractivity contribution is 0.872. The fourth-order valence-electron chi connectivity index (χ4n) is 1.47. The Labute approximate surface area is 114 Å².